The molecule has 1 aromatic heterocycles. The molecule has 5 nitrogen and oxygen atoms in total. The lowest BCUT2D eigenvalue weighted by Gasteiger charge is -2.28. The summed E-state index contributed by atoms with van der Waals surface area (Å²) >= 11 is 0. The first-order valence-corrected chi connectivity index (χ1v) is 8.15. The molecule has 3 rings (SSSR count). The molecule has 7 heteroatoms. The van der Waals surface area contributed by atoms with Crippen LogP contribution in [0.5, 0.6) is 5.88 Å². The Hall–Kier alpha value is -2.54. The Bertz CT molecular complexity index is 749. The molecule has 2 unspecified atom stereocenters. The third kappa shape index (κ3) is 4.30. The molecular formula is C18H19F2N3O2. The molecule has 1 amide bonds. The van der Waals surface area contributed by atoms with Gasteiger partial charge in [0.25, 0.3) is 5.91 Å². The molecule has 1 saturated heterocycles. The summed E-state index contributed by atoms with van der Waals surface area (Å²) in [4.78, 5) is 16.3. The van der Waals surface area contributed by atoms with Crippen LogP contribution in [0.3, 0.4) is 0 Å². The van der Waals surface area contributed by atoms with Gasteiger partial charge in [0, 0.05) is 12.1 Å². The van der Waals surface area contributed by atoms with Gasteiger partial charge in [0.1, 0.15) is 29.1 Å². The Morgan fingerprint density at radius 1 is 1.24 bits per heavy atom. The number of halogens is 2. The van der Waals surface area contributed by atoms with Crippen molar-refractivity contribution in [2.75, 3.05) is 11.9 Å². The second kappa shape index (κ2) is 7.57. The maximum atomic E-state index is 13.7. The van der Waals surface area contributed by atoms with Crippen LogP contribution in [0, 0.1) is 11.6 Å². The van der Waals surface area contributed by atoms with E-state index in [9.17, 15) is 13.6 Å². The topological polar surface area (TPSA) is 63.2 Å². The number of ether oxygens (including phenoxy) is 1. The first-order valence-electron chi connectivity index (χ1n) is 8.15. The SMILES string of the molecule is CC1CC(Oc2cccc(NC(=O)c3c(F)cccc3F)n2)CCN1. The van der Waals surface area contributed by atoms with E-state index in [4.69, 9.17) is 4.74 Å². The van der Waals surface area contributed by atoms with E-state index in [1.165, 1.54) is 12.1 Å². The molecule has 2 heterocycles. The molecule has 25 heavy (non-hydrogen) atoms. The van der Waals surface area contributed by atoms with Gasteiger partial charge in [-0.25, -0.2) is 8.78 Å². The van der Waals surface area contributed by atoms with Gasteiger partial charge in [0.15, 0.2) is 0 Å². The van der Waals surface area contributed by atoms with Crippen molar-refractivity contribution >= 4 is 11.7 Å². The largest absolute Gasteiger partial charge is 0.474 e. The zero-order chi connectivity index (χ0) is 17.8. The predicted octanol–water partition coefficient (Wildman–Crippen LogP) is 3.13. The number of carbonyl (C=O) groups excluding carboxylic acids is 1. The van der Waals surface area contributed by atoms with Crippen LogP contribution in [0.15, 0.2) is 36.4 Å². The highest BCUT2D eigenvalue weighted by Crippen LogP contribution is 2.19. The standard InChI is InChI=1S/C18H19F2N3O2/c1-11-10-12(8-9-21-11)25-16-7-3-6-15(22-16)23-18(24)17-13(19)4-2-5-14(17)20/h2-7,11-12,21H,8-10H2,1H3,(H,22,23,24). The normalized spacial score (nSPS) is 20.1. The summed E-state index contributed by atoms with van der Waals surface area (Å²) in [5.74, 6) is -2.20. The van der Waals surface area contributed by atoms with Crippen molar-refractivity contribution < 1.29 is 18.3 Å². The predicted molar refractivity (Wildman–Crippen MR) is 89.7 cm³/mol. The van der Waals surface area contributed by atoms with Crippen molar-refractivity contribution in [3.8, 4) is 5.88 Å². The summed E-state index contributed by atoms with van der Waals surface area (Å²) in [6.45, 7) is 2.96. The van der Waals surface area contributed by atoms with E-state index in [2.05, 4.69) is 22.5 Å². The van der Waals surface area contributed by atoms with Crippen molar-refractivity contribution in [2.24, 2.45) is 0 Å². The number of benzene rings is 1. The molecule has 0 bridgehead atoms. The van der Waals surface area contributed by atoms with Crippen LogP contribution in [0.2, 0.25) is 0 Å². The molecule has 0 aliphatic carbocycles. The van der Waals surface area contributed by atoms with E-state index >= 15 is 0 Å². The molecule has 0 saturated carbocycles. The number of carbonyl (C=O) groups is 1. The Morgan fingerprint density at radius 2 is 1.96 bits per heavy atom. The average molecular weight is 347 g/mol. The van der Waals surface area contributed by atoms with Crippen LogP contribution < -0.4 is 15.4 Å². The number of hydrogen-bond donors (Lipinski definition) is 2. The molecule has 1 aromatic carbocycles. The lowest BCUT2D eigenvalue weighted by molar-refractivity contribution is 0.101. The van der Waals surface area contributed by atoms with Gasteiger partial charge < -0.3 is 15.4 Å². The van der Waals surface area contributed by atoms with Crippen molar-refractivity contribution in [1.29, 1.82) is 0 Å². The first kappa shape index (κ1) is 17.3. The quantitative estimate of drug-likeness (QED) is 0.892. The maximum Gasteiger partial charge on any atom is 0.262 e. The van der Waals surface area contributed by atoms with E-state index in [-0.39, 0.29) is 11.9 Å². The van der Waals surface area contributed by atoms with E-state index in [1.54, 1.807) is 12.1 Å². The Kier molecular flexibility index (Phi) is 5.23. The number of piperidine rings is 1. The second-order valence-electron chi connectivity index (χ2n) is 6.03. The van der Waals surface area contributed by atoms with E-state index in [1.807, 2.05) is 0 Å². The third-order valence-corrected chi connectivity index (χ3v) is 4.02. The Labute approximate surface area is 144 Å². The fraction of sp³-hybridized carbons (Fsp3) is 0.333. The van der Waals surface area contributed by atoms with Crippen molar-refractivity contribution in [2.45, 2.75) is 31.9 Å². The lowest BCUT2D eigenvalue weighted by Crippen LogP contribution is -2.40. The number of nitrogens with one attached hydrogen (secondary N) is 2. The second-order valence-corrected chi connectivity index (χ2v) is 6.03. The van der Waals surface area contributed by atoms with Gasteiger partial charge in [-0.15, -0.1) is 0 Å². The summed E-state index contributed by atoms with van der Waals surface area (Å²) < 4.78 is 33.2. The number of amides is 1. The lowest BCUT2D eigenvalue weighted by atomic mass is 10.0. The number of hydrogen-bond acceptors (Lipinski definition) is 4. The Balaban J connectivity index is 1.70. The fourth-order valence-electron chi connectivity index (χ4n) is 2.81. The highest BCUT2D eigenvalue weighted by atomic mass is 19.1. The number of pyridine rings is 1. The van der Waals surface area contributed by atoms with Crippen LogP contribution in [-0.2, 0) is 0 Å². The number of aromatic nitrogens is 1. The molecule has 0 spiro atoms. The van der Waals surface area contributed by atoms with Gasteiger partial charge in [0.05, 0.1) is 0 Å². The van der Waals surface area contributed by atoms with Gasteiger partial charge in [0.2, 0.25) is 5.88 Å². The number of rotatable bonds is 4. The molecular weight excluding hydrogens is 328 g/mol. The van der Waals surface area contributed by atoms with Gasteiger partial charge >= 0.3 is 0 Å². The van der Waals surface area contributed by atoms with Crippen LogP contribution >= 0.6 is 0 Å². The first-order chi connectivity index (χ1) is 12.0. The summed E-state index contributed by atoms with van der Waals surface area (Å²) in [7, 11) is 0. The van der Waals surface area contributed by atoms with Gasteiger partial charge in [-0.05, 0) is 44.5 Å². The van der Waals surface area contributed by atoms with Crippen molar-refractivity contribution in [1.82, 2.24) is 10.3 Å². The smallest absolute Gasteiger partial charge is 0.262 e. The minimum atomic E-state index is -0.923. The molecule has 0 radical (unpaired) electrons. The van der Waals surface area contributed by atoms with E-state index < -0.39 is 23.1 Å². The van der Waals surface area contributed by atoms with Crippen LogP contribution in [-0.4, -0.2) is 29.6 Å². The fourth-order valence-corrected chi connectivity index (χ4v) is 2.81. The molecule has 1 aliphatic rings. The molecule has 1 fully saturated rings. The molecule has 132 valence electrons. The van der Waals surface area contributed by atoms with Gasteiger partial charge in [-0.1, -0.05) is 12.1 Å². The molecule has 2 atom stereocenters. The van der Waals surface area contributed by atoms with Gasteiger partial charge in [-0.2, -0.15) is 4.98 Å². The monoisotopic (exact) mass is 347 g/mol. The molecule has 2 aromatic rings. The summed E-state index contributed by atoms with van der Waals surface area (Å²) in [5.41, 5.74) is -0.636. The van der Waals surface area contributed by atoms with Gasteiger partial charge in [-0.3, -0.25) is 4.79 Å². The highest BCUT2D eigenvalue weighted by Gasteiger charge is 2.21. The van der Waals surface area contributed by atoms with Crippen molar-refractivity contribution in [3.05, 3.63) is 53.6 Å². The number of anilines is 1. The highest BCUT2D eigenvalue weighted by molar-refractivity contribution is 6.04. The summed E-state index contributed by atoms with van der Waals surface area (Å²) in [6, 6.07) is 8.52. The Morgan fingerprint density at radius 3 is 2.68 bits per heavy atom. The number of nitrogens with zero attached hydrogens (tertiary/aromatic N) is 1. The maximum absolute atomic E-state index is 13.7. The van der Waals surface area contributed by atoms with E-state index in [0.29, 0.717) is 11.9 Å². The van der Waals surface area contributed by atoms with Crippen LogP contribution in [0.4, 0.5) is 14.6 Å². The van der Waals surface area contributed by atoms with E-state index in [0.717, 1.165) is 31.5 Å². The zero-order valence-electron chi connectivity index (χ0n) is 13.8. The van der Waals surface area contributed by atoms with Crippen LogP contribution in [0.1, 0.15) is 30.1 Å². The minimum Gasteiger partial charge on any atom is -0.474 e. The van der Waals surface area contributed by atoms with Crippen LogP contribution in [0.25, 0.3) is 0 Å². The zero-order valence-corrected chi connectivity index (χ0v) is 13.8. The minimum absolute atomic E-state index is 0.0405. The van der Waals surface area contributed by atoms with Crippen molar-refractivity contribution in [3.63, 3.8) is 0 Å². The molecule has 1 aliphatic heterocycles. The average Bonchev–Trinajstić information content (AvgIpc) is 2.55. The summed E-state index contributed by atoms with van der Waals surface area (Å²) in [6.07, 6.45) is 1.76. The summed E-state index contributed by atoms with van der Waals surface area (Å²) in [5, 5.41) is 5.74. The third-order valence-electron chi connectivity index (χ3n) is 4.02. The molecule has 2 N–H and O–H groups in total.